The van der Waals surface area contributed by atoms with Crippen LogP contribution in [0, 0.1) is 14.9 Å². The fourth-order valence-corrected chi connectivity index (χ4v) is 2.50. The Labute approximate surface area is 150 Å². The number of hydrogen-bond donors (Lipinski definition) is 0. The van der Waals surface area contributed by atoms with E-state index in [-0.39, 0.29) is 0 Å². The molecule has 0 N–H and O–H groups in total. The second kappa shape index (κ2) is 8.59. The van der Waals surface area contributed by atoms with Gasteiger partial charge in [0.1, 0.15) is 11.5 Å². The number of nitriles is 1. The summed E-state index contributed by atoms with van der Waals surface area (Å²) in [6.07, 6.45) is 1.85. The highest BCUT2D eigenvalue weighted by atomic mass is 127. The van der Waals surface area contributed by atoms with E-state index in [9.17, 15) is 5.26 Å². The monoisotopic (exact) mass is 419 g/mol. The fourth-order valence-electron chi connectivity index (χ4n) is 2.14. The van der Waals surface area contributed by atoms with Crippen molar-refractivity contribution in [3.8, 4) is 17.6 Å². The molecule has 0 fully saturated rings. The van der Waals surface area contributed by atoms with Gasteiger partial charge in [0.05, 0.1) is 24.9 Å². The van der Waals surface area contributed by atoms with Crippen molar-refractivity contribution in [2.75, 3.05) is 13.2 Å². The van der Waals surface area contributed by atoms with Crippen LogP contribution < -0.4 is 9.47 Å². The first-order chi connectivity index (χ1) is 11.2. The van der Waals surface area contributed by atoms with Crippen LogP contribution in [0.5, 0.6) is 11.5 Å². The predicted octanol–water partition coefficient (Wildman–Crippen LogP) is 5.15. The van der Waals surface area contributed by atoms with Crippen LogP contribution in [0.3, 0.4) is 0 Å². The fraction of sp³-hybridized carbons (Fsp3) is 0.211. The number of ether oxygens (including phenoxy) is 2. The van der Waals surface area contributed by atoms with Gasteiger partial charge in [0, 0.05) is 15.2 Å². The van der Waals surface area contributed by atoms with Gasteiger partial charge in [-0.15, -0.1) is 0 Å². The van der Waals surface area contributed by atoms with Gasteiger partial charge in [-0.2, -0.15) is 5.26 Å². The molecule has 0 unspecified atom stereocenters. The standard InChI is InChI=1S/C19H18INO2/c1-3-22-18-10-7-15(19(12-18)23-4-2)11-16(13-21)14-5-8-17(20)9-6-14/h5-12H,3-4H2,1-2H3/b16-11-. The van der Waals surface area contributed by atoms with Crippen LogP contribution in [-0.2, 0) is 0 Å². The van der Waals surface area contributed by atoms with Crippen molar-refractivity contribution >= 4 is 34.2 Å². The Morgan fingerprint density at radius 1 is 1.09 bits per heavy atom. The highest BCUT2D eigenvalue weighted by molar-refractivity contribution is 14.1. The second-order valence-electron chi connectivity index (χ2n) is 4.74. The molecule has 118 valence electrons. The smallest absolute Gasteiger partial charge is 0.130 e. The molecule has 4 heteroatoms. The highest BCUT2D eigenvalue weighted by Gasteiger charge is 2.07. The molecule has 2 aromatic carbocycles. The molecule has 0 aliphatic heterocycles. The predicted molar refractivity (Wildman–Crippen MR) is 101 cm³/mol. The van der Waals surface area contributed by atoms with Crippen molar-refractivity contribution in [2.45, 2.75) is 13.8 Å². The Morgan fingerprint density at radius 2 is 1.78 bits per heavy atom. The summed E-state index contributed by atoms with van der Waals surface area (Å²) in [4.78, 5) is 0. The van der Waals surface area contributed by atoms with Gasteiger partial charge in [-0.3, -0.25) is 0 Å². The van der Waals surface area contributed by atoms with Gasteiger partial charge < -0.3 is 9.47 Å². The molecule has 23 heavy (non-hydrogen) atoms. The number of rotatable bonds is 6. The number of allylic oxidation sites excluding steroid dienone is 1. The van der Waals surface area contributed by atoms with Crippen LogP contribution in [0.1, 0.15) is 25.0 Å². The molecule has 0 spiro atoms. The minimum absolute atomic E-state index is 0.557. The zero-order valence-corrected chi connectivity index (χ0v) is 15.3. The van der Waals surface area contributed by atoms with Crippen molar-refractivity contribution in [2.24, 2.45) is 0 Å². The van der Waals surface area contributed by atoms with E-state index in [1.807, 2.05) is 62.4 Å². The molecule has 0 aliphatic rings. The summed E-state index contributed by atoms with van der Waals surface area (Å²) in [5, 5.41) is 9.48. The molecule has 0 amide bonds. The zero-order chi connectivity index (χ0) is 16.7. The molecular formula is C19H18INO2. The van der Waals surface area contributed by atoms with E-state index in [4.69, 9.17) is 9.47 Å². The van der Waals surface area contributed by atoms with Crippen molar-refractivity contribution in [3.05, 3.63) is 57.2 Å². The van der Waals surface area contributed by atoms with Crippen LogP contribution >= 0.6 is 22.6 Å². The third-order valence-corrected chi connectivity index (χ3v) is 3.89. The van der Waals surface area contributed by atoms with Gasteiger partial charge in [-0.1, -0.05) is 12.1 Å². The summed E-state index contributed by atoms with van der Waals surface area (Å²) < 4.78 is 12.3. The van der Waals surface area contributed by atoms with Gasteiger partial charge in [-0.05, 0) is 72.3 Å². The van der Waals surface area contributed by atoms with E-state index in [2.05, 4.69) is 28.7 Å². The SMILES string of the molecule is CCOc1ccc(/C=C(/C#N)c2ccc(I)cc2)c(OCC)c1. The minimum Gasteiger partial charge on any atom is -0.494 e. The van der Waals surface area contributed by atoms with Gasteiger partial charge in [0.2, 0.25) is 0 Å². The molecule has 0 atom stereocenters. The van der Waals surface area contributed by atoms with Gasteiger partial charge in [0.25, 0.3) is 0 Å². The van der Waals surface area contributed by atoms with E-state index in [1.54, 1.807) is 0 Å². The lowest BCUT2D eigenvalue weighted by atomic mass is 10.0. The van der Waals surface area contributed by atoms with Crippen molar-refractivity contribution in [1.82, 2.24) is 0 Å². The van der Waals surface area contributed by atoms with E-state index in [1.165, 1.54) is 0 Å². The average Bonchev–Trinajstić information content (AvgIpc) is 2.56. The molecule has 0 aromatic heterocycles. The molecule has 0 aliphatic carbocycles. The van der Waals surface area contributed by atoms with E-state index in [0.29, 0.717) is 18.8 Å². The van der Waals surface area contributed by atoms with Gasteiger partial charge in [0.15, 0.2) is 0 Å². The molecule has 2 rings (SSSR count). The Kier molecular flexibility index (Phi) is 6.48. The molecule has 0 radical (unpaired) electrons. The van der Waals surface area contributed by atoms with Gasteiger partial charge in [-0.25, -0.2) is 0 Å². The maximum absolute atomic E-state index is 9.48. The summed E-state index contributed by atoms with van der Waals surface area (Å²) in [6, 6.07) is 15.8. The third kappa shape index (κ3) is 4.73. The minimum atomic E-state index is 0.557. The first kappa shape index (κ1) is 17.4. The quantitative estimate of drug-likeness (QED) is 0.369. The molecule has 0 saturated carbocycles. The van der Waals surface area contributed by atoms with Crippen molar-refractivity contribution in [3.63, 3.8) is 0 Å². The number of benzene rings is 2. The maximum atomic E-state index is 9.48. The first-order valence-corrected chi connectivity index (χ1v) is 8.53. The second-order valence-corrected chi connectivity index (χ2v) is 5.99. The van der Waals surface area contributed by atoms with Gasteiger partial charge >= 0.3 is 0 Å². The number of nitrogens with zero attached hydrogens (tertiary/aromatic N) is 1. The Hall–Kier alpha value is -2.00. The number of halogens is 1. The van der Waals surface area contributed by atoms with Crippen LogP contribution in [0.4, 0.5) is 0 Å². The molecule has 3 nitrogen and oxygen atoms in total. The Balaban J connectivity index is 2.42. The summed E-state index contributed by atoms with van der Waals surface area (Å²) in [6.45, 7) is 5.04. The topological polar surface area (TPSA) is 42.2 Å². The largest absolute Gasteiger partial charge is 0.494 e. The molecular weight excluding hydrogens is 401 g/mol. The normalized spacial score (nSPS) is 11.0. The zero-order valence-electron chi connectivity index (χ0n) is 13.2. The summed E-state index contributed by atoms with van der Waals surface area (Å²) in [5.74, 6) is 1.48. The lowest BCUT2D eigenvalue weighted by molar-refractivity contribution is 0.322. The summed E-state index contributed by atoms with van der Waals surface area (Å²) >= 11 is 2.25. The molecule has 0 bridgehead atoms. The lowest BCUT2D eigenvalue weighted by Gasteiger charge is -2.11. The Morgan fingerprint density at radius 3 is 2.39 bits per heavy atom. The first-order valence-electron chi connectivity index (χ1n) is 7.45. The van der Waals surface area contributed by atoms with E-state index < -0.39 is 0 Å². The lowest BCUT2D eigenvalue weighted by Crippen LogP contribution is -1.97. The Bertz CT molecular complexity index is 730. The van der Waals surface area contributed by atoms with Crippen molar-refractivity contribution < 1.29 is 9.47 Å². The van der Waals surface area contributed by atoms with E-state index in [0.717, 1.165) is 26.2 Å². The maximum Gasteiger partial charge on any atom is 0.130 e. The molecule has 0 heterocycles. The third-order valence-electron chi connectivity index (χ3n) is 3.17. The average molecular weight is 419 g/mol. The summed E-state index contributed by atoms with van der Waals surface area (Å²) in [7, 11) is 0. The van der Waals surface area contributed by atoms with Crippen LogP contribution in [0.15, 0.2) is 42.5 Å². The molecule has 0 saturated heterocycles. The molecule has 2 aromatic rings. The van der Waals surface area contributed by atoms with E-state index >= 15 is 0 Å². The van der Waals surface area contributed by atoms with Crippen LogP contribution in [-0.4, -0.2) is 13.2 Å². The van der Waals surface area contributed by atoms with Crippen LogP contribution in [0.25, 0.3) is 11.6 Å². The van der Waals surface area contributed by atoms with Crippen molar-refractivity contribution in [1.29, 1.82) is 5.26 Å². The highest BCUT2D eigenvalue weighted by Crippen LogP contribution is 2.29. The number of hydrogen-bond acceptors (Lipinski definition) is 3. The summed E-state index contributed by atoms with van der Waals surface area (Å²) in [5.41, 5.74) is 2.36. The van der Waals surface area contributed by atoms with Crippen LogP contribution in [0.2, 0.25) is 0 Å².